The van der Waals surface area contributed by atoms with Gasteiger partial charge in [0.2, 0.25) is 0 Å². The Kier molecular flexibility index (Phi) is 8.58. The Balaban J connectivity index is 0.000000469. The fourth-order valence-electron chi connectivity index (χ4n) is 4.59. The summed E-state index contributed by atoms with van der Waals surface area (Å²) in [6, 6.07) is 16.4. The maximum absolute atomic E-state index is 6.22. The number of fused-ring (bicyclic) bond motifs is 1. The summed E-state index contributed by atoms with van der Waals surface area (Å²) in [6.07, 6.45) is 6.47. The zero-order valence-electron chi connectivity index (χ0n) is 21.1. The van der Waals surface area contributed by atoms with E-state index in [-0.39, 0.29) is 0 Å². The molecule has 0 bridgehead atoms. The molecule has 0 amide bonds. The van der Waals surface area contributed by atoms with Crippen molar-refractivity contribution in [1.29, 1.82) is 0 Å². The summed E-state index contributed by atoms with van der Waals surface area (Å²) in [5.41, 5.74) is 13.3. The summed E-state index contributed by atoms with van der Waals surface area (Å²) >= 11 is 0. The molecule has 1 aliphatic rings. The Labute approximate surface area is 203 Å². The van der Waals surface area contributed by atoms with Crippen LogP contribution < -0.4 is 5.73 Å². The van der Waals surface area contributed by atoms with Crippen LogP contribution in [0.5, 0.6) is 0 Å². The number of hydrogen-bond donors (Lipinski definition) is 1. The number of aliphatic imine (C=N–C) groups is 1. The van der Waals surface area contributed by atoms with Gasteiger partial charge in [0.1, 0.15) is 11.4 Å². The lowest BCUT2D eigenvalue weighted by molar-refractivity contribution is 0.233. The number of amidine groups is 1. The van der Waals surface area contributed by atoms with Crippen molar-refractivity contribution in [3.05, 3.63) is 89.7 Å². The van der Waals surface area contributed by atoms with Crippen LogP contribution in [0.25, 0.3) is 16.6 Å². The monoisotopic (exact) mass is 455 g/mol. The Morgan fingerprint density at radius 2 is 1.79 bits per heavy atom. The molecule has 178 valence electrons. The minimum absolute atomic E-state index is 0.458. The molecule has 1 aliphatic carbocycles. The lowest BCUT2D eigenvalue weighted by Crippen LogP contribution is -2.17. The Hall–Kier alpha value is -3.47. The van der Waals surface area contributed by atoms with E-state index in [9.17, 15) is 0 Å². The van der Waals surface area contributed by atoms with Gasteiger partial charge in [-0.3, -0.25) is 0 Å². The molecule has 0 unspecified atom stereocenters. The molecule has 1 fully saturated rings. The lowest BCUT2D eigenvalue weighted by Gasteiger charge is -2.28. The second-order valence-electron chi connectivity index (χ2n) is 9.39. The molecule has 0 aliphatic heterocycles. The minimum Gasteiger partial charge on any atom is -0.383 e. The van der Waals surface area contributed by atoms with Crippen LogP contribution in [0.1, 0.15) is 58.6 Å². The molecule has 0 atom stereocenters. The SMILES string of the molecule is C=CN=C(N)C(=C(C)C)/C(=C\C)c1ccc2nnn(Cc3ccccc3)c2c1.CC1CC(C)C1. The molecule has 1 saturated carbocycles. The summed E-state index contributed by atoms with van der Waals surface area (Å²) in [5.74, 6) is 2.54. The quantitative estimate of drug-likeness (QED) is 0.253. The normalized spacial score (nSPS) is 18.0. The van der Waals surface area contributed by atoms with Crippen molar-refractivity contribution >= 4 is 22.4 Å². The Morgan fingerprint density at radius 3 is 2.32 bits per heavy atom. The van der Waals surface area contributed by atoms with E-state index in [1.807, 2.05) is 55.8 Å². The summed E-state index contributed by atoms with van der Waals surface area (Å²) in [6.45, 7) is 15.0. The molecule has 3 aromatic rings. The van der Waals surface area contributed by atoms with Crippen molar-refractivity contribution in [2.75, 3.05) is 0 Å². The average molecular weight is 456 g/mol. The molecule has 0 saturated heterocycles. The van der Waals surface area contributed by atoms with E-state index < -0.39 is 0 Å². The highest BCUT2D eigenvalue weighted by Crippen LogP contribution is 2.31. The van der Waals surface area contributed by atoms with Crippen molar-refractivity contribution in [3.8, 4) is 0 Å². The van der Waals surface area contributed by atoms with Crippen LogP contribution in [-0.2, 0) is 6.54 Å². The Morgan fingerprint density at radius 1 is 1.12 bits per heavy atom. The molecule has 4 rings (SSSR count). The second kappa shape index (κ2) is 11.6. The summed E-state index contributed by atoms with van der Waals surface area (Å²) in [5, 5.41) is 8.64. The number of hydrogen-bond acceptors (Lipinski definition) is 3. The minimum atomic E-state index is 0.458. The predicted molar refractivity (Wildman–Crippen MR) is 144 cm³/mol. The Bertz CT molecular complexity index is 1200. The first kappa shape index (κ1) is 25.2. The van der Waals surface area contributed by atoms with Gasteiger partial charge >= 0.3 is 0 Å². The third-order valence-electron chi connectivity index (χ3n) is 6.15. The average Bonchev–Trinajstić information content (AvgIpc) is 3.19. The van der Waals surface area contributed by atoms with Crippen molar-refractivity contribution in [2.24, 2.45) is 22.6 Å². The number of aromatic nitrogens is 3. The first-order valence-corrected chi connectivity index (χ1v) is 12.0. The molecule has 5 nitrogen and oxygen atoms in total. The largest absolute Gasteiger partial charge is 0.383 e. The molecular formula is C29H37N5. The van der Waals surface area contributed by atoms with Gasteiger partial charge in [-0.05, 0) is 74.3 Å². The number of benzene rings is 2. The highest BCUT2D eigenvalue weighted by Gasteiger charge is 2.19. The van der Waals surface area contributed by atoms with Crippen LogP contribution in [0.4, 0.5) is 0 Å². The maximum Gasteiger partial charge on any atom is 0.131 e. The summed E-state index contributed by atoms with van der Waals surface area (Å²) < 4.78 is 1.92. The molecule has 34 heavy (non-hydrogen) atoms. The fourth-order valence-corrected chi connectivity index (χ4v) is 4.59. The highest BCUT2D eigenvalue weighted by molar-refractivity contribution is 6.12. The van der Waals surface area contributed by atoms with E-state index in [1.165, 1.54) is 24.6 Å². The van der Waals surface area contributed by atoms with Crippen molar-refractivity contribution in [3.63, 3.8) is 0 Å². The molecule has 0 spiro atoms. The number of allylic oxidation sites excluding steroid dienone is 2. The smallest absolute Gasteiger partial charge is 0.131 e. The maximum atomic E-state index is 6.22. The third-order valence-corrected chi connectivity index (χ3v) is 6.15. The molecular weight excluding hydrogens is 418 g/mol. The molecule has 1 heterocycles. The first-order chi connectivity index (χ1) is 16.3. The van der Waals surface area contributed by atoms with E-state index in [4.69, 9.17) is 5.73 Å². The zero-order chi connectivity index (χ0) is 24.7. The van der Waals surface area contributed by atoms with E-state index in [0.29, 0.717) is 12.4 Å². The van der Waals surface area contributed by atoms with Gasteiger partial charge in [-0.15, -0.1) is 5.10 Å². The second-order valence-corrected chi connectivity index (χ2v) is 9.39. The van der Waals surface area contributed by atoms with E-state index in [2.05, 4.69) is 60.0 Å². The zero-order valence-corrected chi connectivity index (χ0v) is 21.1. The van der Waals surface area contributed by atoms with Crippen LogP contribution >= 0.6 is 0 Å². The van der Waals surface area contributed by atoms with Crippen molar-refractivity contribution < 1.29 is 0 Å². The van der Waals surface area contributed by atoms with Crippen molar-refractivity contribution in [2.45, 2.75) is 54.0 Å². The molecule has 1 aromatic heterocycles. The topological polar surface area (TPSA) is 69.1 Å². The van der Waals surface area contributed by atoms with E-state index >= 15 is 0 Å². The molecule has 5 heteroatoms. The summed E-state index contributed by atoms with van der Waals surface area (Å²) in [7, 11) is 0. The van der Waals surface area contributed by atoms with Crippen LogP contribution in [0.3, 0.4) is 0 Å². The fraction of sp³-hybridized carbons (Fsp3) is 0.345. The highest BCUT2D eigenvalue weighted by atomic mass is 15.4. The van der Waals surface area contributed by atoms with Gasteiger partial charge in [-0.2, -0.15) is 0 Å². The lowest BCUT2D eigenvalue weighted by atomic mass is 9.78. The van der Waals surface area contributed by atoms with Gasteiger partial charge in [0.15, 0.2) is 0 Å². The predicted octanol–water partition coefficient (Wildman–Crippen LogP) is 6.77. The first-order valence-electron chi connectivity index (χ1n) is 12.0. The van der Waals surface area contributed by atoms with Crippen LogP contribution in [0.15, 0.2) is 83.5 Å². The van der Waals surface area contributed by atoms with Gasteiger partial charge in [0, 0.05) is 11.8 Å². The van der Waals surface area contributed by atoms with Gasteiger partial charge in [0.05, 0.1) is 12.1 Å². The number of nitrogens with zero attached hydrogens (tertiary/aromatic N) is 4. The van der Waals surface area contributed by atoms with Gasteiger partial charge in [-0.1, -0.05) is 73.7 Å². The number of rotatable bonds is 6. The van der Waals surface area contributed by atoms with E-state index in [0.717, 1.165) is 45.2 Å². The van der Waals surface area contributed by atoms with Crippen LogP contribution in [0, 0.1) is 11.8 Å². The number of nitrogens with two attached hydrogens (primary N) is 1. The molecule has 2 N–H and O–H groups in total. The van der Waals surface area contributed by atoms with Crippen LogP contribution in [-0.4, -0.2) is 20.8 Å². The van der Waals surface area contributed by atoms with Crippen molar-refractivity contribution in [1.82, 2.24) is 15.0 Å². The van der Waals surface area contributed by atoms with Gasteiger partial charge in [-0.25, -0.2) is 9.67 Å². The van der Waals surface area contributed by atoms with E-state index in [1.54, 1.807) is 0 Å². The molecule has 0 radical (unpaired) electrons. The third kappa shape index (κ3) is 6.10. The van der Waals surface area contributed by atoms with Gasteiger partial charge in [0.25, 0.3) is 0 Å². The van der Waals surface area contributed by atoms with Crippen LogP contribution in [0.2, 0.25) is 0 Å². The standard InChI is InChI=1S/C23H25N5.C6H12/c1-5-19(22(16(3)4)23(24)25-6-2)18-12-13-20-21(14-18)28(27-26-20)15-17-10-8-7-9-11-17;1-5-3-6(2)4-5/h5-14H,2,15H2,1,3-4H3,(H2,24,25);5-6H,3-4H2,1-2H3/b19-5-;. The molecule has 2 aromatic carbocycles. The summed E-state index contributed by atoms with van der Waals surface area (Å²) in [4.78, 5) is 4.20. The van der Waals surface area contributed by atoms with Gasteiger partial charge < -0.3 is 5.73 Å².